The van der Waals surface area contributed by atoms with Crippen molar-refractivity contribution in [3.8, 4) is 0 Å². The van der Waals surface area contributed by atoms with Gasteiger partial charge in [0.1, 0.15) is 5.82 Å². The molecule has 0 aromatic heterocycles. The van der Waals surface area contributed by atoms with Crippen LogP contribution in [-0.4, -0.2) is 30.1 Å². The highest BCUT2D eigenvalue weighted by atomic mass is 79.9. The molecule has 3 rings (SSSR count). The molecule has 2 fully saturated rings. The highest BCUT2D eigenvalue weighted by Crippen LogP contribution is 2.30. The molecule has 4 heteroatoms. The van der Waals surface area contributed by atoms with E-state index in [9.17, 15) is 4.39 Å². The molecule has 1 unspecified atom stereocenters. The van der Waals surface area contributed by atoms with Crippen LogP contribution in [0, 0.1) is 5.82 Å². The van der Waals surface area contributed by atoms with Crippen LogP contribution in [0.2, 0.25) is 0 Å². The summed E-state index contributed by atoms with van der Waals surface area (Å²) in [4.78, 5) is 2.58. The van der Waals surface area contributed by atoms with Gasteiger partial charge in [0.2, 0.25) is 0 Å². The van der Waals surface area contributed by atoms with Crippen molar-refractivity contribution in [1.29, 1.82) is 0 Å². The van der Waals surface area contributed by atoms with E-state index in [1.165, 1.54) is 31.9 Å². The Morgan fingerprint density at radius 3 is 2.94 bits per heavy atom. The van der Waals surface area contributed by atoms with E-state index in [4.69, 9.17) is 0 Å². The summed E-state index contributed by atoms with van der Waals surface area (Å²) in [6.45, 7) is 3.10. The highest BCUT2D eigenvalue weighted by molar-refractivity contribution is 9.10. The summed E-state index contributed by atoms with van der Waals surface area (Å²) in [5, 5.41) is 3.54. The topological polar surface area (TPSA) is 15.3 Å². The van der Waals surface area contributed by atoms with Crippen LogP contribution < -0.4 is 5.32 Å². The summed E-state index contributed by atoms with van der Waals surface area (Å²) < 4.78 is 14.0. The number of nitrogens with one attached hydrogen (secondary N) is 1. The maximum absolute atomic E-state index is 13.4. The fourth-order valence-electron chi connectivity index (χ4n) is 2.66. The van der Waals surface area contributed by atoms with Gasteiger partial charge in [0.25, 0.3) is 0 Å². The molecule has 1 saturated heterocycles. The van der Waals surface area contributed by atoms with Gasteiger partial charge in [-0.1, -0.05) is 12.1 Å². The molecular formula is C14H18BrFN2. The molecule has 1 saturated carbocycles. The zero-order valence-electron chi connectivity index (χ0n) is 10.3. The van der Waals surface area contributed by atoms with Crippen molar-refractivity contribution in [3.63, 3.8) is 0 Å². The number of nitrogens with zero attached hydrogens (tertiary/aromatic N) is 1. The molecule has 1 aromatic carbocycles. The number of hydrogen-bond acceptors (Lipinski definition) is 2. The summed E-state index contributed by atoms with van der Waals surface area (Å²) >= 11 is 3.31. The minimum absolute atomic E-state index is 0.180. The second kappa shape index (κ2) is 5.27. The van der Waals surface area contributed by atoms with Crippen molar-refractivity contribution in [3.05, 3.63) is 34.1 Å². The second-order valence-electron chi connectivity index (χ2n) is 5.31. The first kappa shape index (κ1) is 12.6. The first-order chi connectivity index (χ1) is 8.74. The number of halogens is 2. The summed E-state index contributed by atoms with van der Waals surface area (Å²) in [6.07, 6.45) is 3.97. The van der Waals surface area contributed by atoms with Crippen molar-refractivity contribution < 1.29 is 4.39 Å². The molecule has 18 heavy (non-hydrogen) atoms. The lowest BCUT2D eigenvalue weighted by Gasteiger charge is -2.16. The molecule has 1 aliphatic carbocycles. The predicted molar refractivity (Wildman–Crippen MR) is 73.9 cm³/mol. The molecule has 0 spiro atoms. The van der Waals surface area contributed by atoms with Crippen LogP contribution in [0.3, 0.4) is 0 Å². The number of likely N-dealkylation sites (tertiary alicyclic amines) is 1. The van der Waals surface area contributed by atoms with Crippen molar-refractivity contribution >= 4 is 15.9 Å². The fourth-order valence-corrected chi connectivity index (χ4v) is 3.07. The first-order valence-corrected chi connectivity index (χ1v) is 7.43. The fraction of sp³-hybridized carbons (Fsp3) is 0.571. The van der Waals surface area contributed by atoms with Gasteiger partial charge in [0.15, 0.2) is 0 Å². The van der Waals surface area contributed by atoms with E-state index in [0.29, 0.717) is 10.5 Å². The summed E-state index contributed by atoms with van der Waals surface area (Å²) in [5.74, 6) is -0.180. The molecular weight excluding hydrogens is 295 g/mol. The van der Waals surface area contributed by atoms with Gasteiger partial charge in [-0.15, -0.1) is 0 Å². The molecule has 2 nitrogen and oxygen atoms in total. The van der Waals surface area contributed by atoms with Crippen LogP contribution >= 0.6 is 15.9 Å². The Morgan fingerprint density at radius 1 is 1.33 bits per heavy atom. The van der Waals surface area contributed by atoms with Crippen molar-refractivity contribution in [1.82, 2.24) is 10.2 Å². The Hall–Kier alpha value is -0.450. The van der Waals surface area contributed by atoms with Crippen LogP contribution in [0.1, 0.15) is 24.8 Å². The SMILES string of the molecule is Fc1cccc(CNC2CCN(C3CC3)C2)c1Br. The van der Waals surface area contributed by atoms with E-state index >= 15 is 0 Å². The van der Waals surface area contributed by atoms with E-state index in [1.807, 2.05) is 6.07 Å². The largest absolute Gasteiger partial charge is 0.309 e. The van der Waals surface area contributed by atoms with Gasteiger partial charge < -0.3 is 5.32 Å². The van der Waals surface area contributed by atoms with Crippen LogP contribution in [0.4, 0.5) is 4.39 Å². The van der Waals surface area contributed by atoms with Crippen LogP contribution in [0.5, 0.6) is 0 Å². The third-order valence-corrected chi connectivity index (χ3v) is 4.78. The third-order valence-electron chi connectivity index (χ3n) is 3.90. The minimum Gasteiger partial charge on any atom is -0.309 e. The molecule has 1 heterocycles. The van der Waals surface area contributed by atoms with Gasteiger partial charge >= 0.3 is 0 Å². The quantitative estimate of drug-likeness (QED) is 0.919. The Labute approximate surface area is 116 Å². The molecule has 1 aliphatic heterocycles. The first-order valence-electron chi connectivity index (χ1n) is 6.64. The molecule has 0 radical (unpaired) electrons. The van der Waals surface area contributed by atoms with E-state index in [1.54, 1.807) is 6.07 Å². The molecule has 1 N–H and O–H groups in total. The molecule has 2 aliphatic rings. The van der Waals surface area contributed by atoms with Gasteiger partial charge in [0.05, 0.1) is 4.47 Å². The molecule has 98 valence electrons. The lowest BCUT2D eigenvalue weighted by Crippen LogP contribution is -2.33. The van der Waals surface area contributed by atoms with Gasteiger partial charge in [-0.25, -0.2) is 4.39 Å². The number of rotatable bonds is 4. The maximum Gasteiger partial charge on any atom is 0.137 e. The Balaban J connectivity index is 1.53. The maximum atomic E-state index is 13.4. The van der Waals surface area contributed by atoms with Crippen molar-refractivity contribution in [2.24, 2.45) is 0 Å². The zero-order valence-corrected chi connectivity index (χ0v) is 11.9. The predicted octanol–water partition coefficient (Wildman–Crippen LogP) is 2.91. The average molecular weight is 313 g/mol. The van der Waals surface area contributed by atoms with E-state index < -0.39 is 0 Å². The lowest BCUT2D eigenvalue weighted by atomic mass is 10.2. The highest BCUT2D eigenvalue weighted by Gasteiger charge is 2.34. The van der Waals surface area contributed by atoms with Crippen LogP contribution in [-0.2, 0) is 6.54 Å². The average Bonchev–Trinajstić information content (AvgIpc) is 3.11. The van der Waals surface area contributed by atoms with Gasteiger partial charge in [0, 0.05) is 31.7 Å². The summed E-state index contributed by atoms with van der Waals surface area (Å²) in [5.41, 5.74) is 1.000. The monoisotopic (exact) mass is 312 g/mol. The molecule has 1 atom stereocenters. The lowest BCUT2D eigenvalue weighted by molar-refractivity contribution is 0.317. The Morgan fingerprint density at radius 2 is 2.17 bits per heavy atom. The van der Waals surface area contributed by atoms with E-state index in [0.717, 1.165) is 24.7 Å². The van der Waals surface area contributed by atoms with Gasteiger partial charge in [-0.3, -0.25) is 4.90 Å². The molecule has 0 amide bonds. The van der Waals surface area contributed by atoms with Gasteiger partial charge in [-0.2, -0.15) is 0 Å². The minimum atomic E-state index is -0.180. The van der Waals surface area contributed by atoms with E-state index in [2.05, 4.69) is 26.1 Å². The van der Waals surface area contributed by atoms with Crippen molar-refractivity contribution in [2.45, 2.75) is 37.9 Å². The summed E-state index contributed by atoms with van der Waals surface area (Å²) in [7, 11) is 0. The number of benzene rings is 1. The Bertz CT molecular complexity index is 434. The Kier molecular flexibility index (Phi) is 3.68. The third kappa shape index (κ3) is 2.76. The van der Waals surface area contributed by atoms with Gasteiger partial charge in [-0.05, 0) is 46.8 Å². The molecule has 0 bridgehead atoms. The van der Waals surface area contributed by atoms with Crippen molar-refractivity contribution in [2.75, 3.05) is 13.1 Å². The van der Waals surface area contributed by atoms with Crippen LogP contribution in [0.15, 0.2) is 22.7 Å². The number of hydrogen-bond donors (Lipinski definition) is 1. The smallest absolute Gasteiger partial charge is 0.137 e. The summed E-state index contributed by atoms with van der Waals surface area (Å²) in [6, 6.07) is 6.63. The second-order valence-corrected chi connectivity index (χ2v) is 6.10. The molecule has 1 aromatic rings. The van der Waals surface area contributed by atoms with E-state index in [-0.39, 0.29) is 5.82 Å². The normalized spacial score (nSPS) is 24.7. The zero-order chi connectivity index (χ0) is 12.5. The van der Waals surface area contributed by atoms with Crippen LogP contribution in [0.25, 0.3) is 0 Å². The standard InChI is InChI=1S/C14H18BrFN2/c15-14-10(2-1-3-13(14)16)8-17-11-6-7-18(9-11)12-4-5-12/h1-3,11-12,17H,4-9H2.